The van der Waals surface area contributed by atoms with Crippen LogP contribution in [0, 0.1) is 6.92 Å². The number of halogens is 3. The van der Waals surface area contributed by atoms with Crippen molar-refractivity contribution in [1.82, 2.24) is 20.3 Å². The van der Waals surface area contributed by atoms with Crippen molar-refractivity contribution in [1.29, 1.82) is 0 Å². The number of carboxylic acids is 1. The molecule has 2 heterocycles. The Labute approximate surface area is 209 Å². The van der Waals surface area contributed by atoms with Crippen LogP contribution in [0.4, 0.5) is 24.8 Å². The average Bonchev–Trinajstić information content (AvgIpc) is 3.68. The molecule has 0 aliphatic heterocycles. The third kappa shape index (κ3) is 6.78. The minimum absolute atomic E-state index is 0.0256. The number of amides is 1. The van der Waals surface area contributed by atoms with Gasteiger partial charge in [0.15, 0.2) is 0 Å². The summed E-state index contributed by atoms with van der Waals surface area (Å²) in [5.41, 5.74) is 5.35. The molecule has 2 aromatic heterocycles. The first-order valence-electron chi connectivity index (χ1n) is 11.3. The zero-order valence-corrected chi connectivity index (χ0v) is 19.6. The SMILES string of the molecule is Cc1ccc(-c2cccc3cnc(Nc4ccc(C(=O)NC5CC5)cc4)nc23)cn1.O=C(O)C(F)(F)F. The largest absolute Gasteiger partial charge is 0.490 e. The van der Waals surface area contributed by atoms with E-state index in [1.54, 1.807) is 0 Å². The predicted molar refractivity (Wildman–Crippen MR) is 131 cm³/mol. The lowest BCUT2D eigenvalue weighted by Crippen LogP contribution is -2.25. The molecule has 37 heavy (non-hydrogen) atoms. The standard InChI is InChI=1S/C24H21N5O.C2HF3O2/c1-15-5-6-17(13-25-15)21-4-2-3-18-14-26-24(29-22(18)21)28-20-9-7-16(8-10-20)23(30)27-19-11-12-19;3-2(4,5)1(6)7/h2-10,13-14,19H,11-12H2,1H3,(H,27,30)(H,26,28,29);(H,6,7). The number of rotatable bonds is 5. The lowest BCUT2D eigenvalue weighted by atomic mass is 10.0. The molecule has 0 atom stereocenters. The van der Waals surface area contributed by atoms with E-state index in [1.165, 1.54) is 0 Å². The van der Waals surface area contributed by atoms with E-state index in [1.807, 2.05) is 67.8 Å². The Balaban J connectivity index is 0.000000405. The number of hydrogen-bond donors (Lipinski definition) is 3. The highest BCUT2D eigenvalue weighted by atomic mass is 19.4. The van der Waals surface area contributed by atoms with Crippen molar-refractivity contribution in [3.8, 4) is 11.1 Å². The van der Waals surface area contributed by atoms with Crippen LogP contribution in [-0.4, -0.2) is 44.2 Å². The van der Waals surface area contributed by atoms with Crippen LogP contribution in [0.2, 0.25) is 0 Å². The Morgan fingerprint density at radius 1 is 0.973 bits per heavy atom. The maximum atomic E-state index is 12.1. The number of nitrogens with zero attached hydrogens (tertiary/aromatic N) is 3. The number of fused-ring (bicyclic) bond motifs is 1. The molecule has 1 aliphatic carbocycles. The highest BCUT2D eigenvalue weighted by molar-refractivity contribution is 5.95. The number of aromatic nitrogens is 3. The van der Waals surface area contributed by atoms with Crippen molar-refractivity contribution in [2.75, 3.05) is 5.32 Å². The van der Waals surface area contributed by atoms with Gasteiger partial charge in [-0.25, -0.2) is 14.8 Å². The lowest BCUT2D eigenvalue weighted by molar-refractivity contribution is -0.192. The molecule has 1 fully saturated rings. The zero-order chi connectivity index (χ0) is 26.6. The maximum absolute atomic E-state index is 12.1. The molecule has 0 bridgehead atoms. The number of hydrogen-bond acceptors (Lipinski definition) is 6. The molecule has 2 aromatic carbocycles. The molecule has 11 heteroatoms. The van der Waals surface area contributed by atoms with E-state index >= 15 is 0 Å². The van der Waals surface area contributed by atoms with Gasteiger partial charge in [-0.3, -0.25) is 9.78 Å². The van der Waals surface area contributed by atoms with Crippen molar-refractivity contribution < 1.29 is 27.9 Å². The third-order valence-corrected chi connectivity index (χ3v) is 5.39. The molecule has 1 amide bonds. The molecule has 3 N–H and O–H groups in total. The summed E-state index contributed by atoms with van der Waals surface area (Å²) < 4.78 is 31.7. The average molecular weight is 509 g/mol. The van der Waals surface area contributed by atoms with Crippen LogP contribution in [0.5, 0.6) is 0 Å². The minimum Gasteiger partial charge on any atom is -0.475 e. The number of aliphatic carboxylic acids is 1. The van der Waals surface area contributed by atoms with Gasteiger partial charge in [0, 0.05) is 51.9 Å². The summed E-state index contributed by atoms with van der Waals surface area (Å²) in [7, 11) is 0. The Bertz CT molecular complexity index is 1420. The lowest BCUT2D eigenvalue weighted by Gasteiger charge is -2.10. The molecule has 1 saturated carbocycles. The number of para-hydroxylation sites is 1. The van der Waals surface area contributed by atoms with Crippen molar-refractivity contribution in [3.63, 3.8) is 0 Å². The first-order valence-corrected chi connectivity index (χ1v) is 11.3. The second-order valence-electron chi connectivity index (χ2n) is 8.38. The van der Waals surface area contributed by atoms with E-state index in [0.717, 1.165) is 46.3 Å². The number of nitrogens with one attached hydrogen (secondary N) is 2. The quantitative estimate of drug-likeness (QED) is 0.336. The van der Waals surface area contributed by atoms with Crippen LogP contribution >= 0.6 is 0 Å². The Morgan fingerprint density at radius 3 is 2.27 bits per heavy atom. The third-order valence-electron chi connectivity index (χ3n) is 5.39. The molecule has 1 aliphatic rings. The number of carbonyl (C=O) groups excluding carboxylic acids is 1. The maximum Gasteiger partial charge on any atom is 0.490 e. The topological polar surface area (TPSA) is 117 Å². The van der Waals surface area contributed by atoms with Crippen LogP contribution in [0.3, 0.4) is 0 Å². The summed E-state index contributed by atoms with van der Waals surface area (Å²) >= 11 is 0. The van der Waals surface area contributed by atoms with Gasteiger partial charge < -0.3 is 15.7 Å². The molecule has 8 nitrogen and oxygen atoms in total. The van der Waals surface area contributed by atoms with Crippen molar-refractivity contribution >= 4 is 34.4 Å². The Hall–Kier alpha value is -4.54. The zero-order valence-electron chi connectivity index (χ0n) is 19.6. The fourth-order valence-electron chi connectivity index (χ4n) is 3.31. The van der Waals surface area contributed by atoms with Gasteiger partial charge in [0.2, 0.25) is 5.95 Å². The summed E-state index contributed by atoms with van der Waals surface area (Å²) in [6.07, 6.45) is 0.745. The summed E-state index contributed by atoms with van der Waals surface area (Å²) in [4.78, 5) is 34.6. The fourth-order valence-corrected chi connectivity index (χ4v) is 3.31. The van der Waals surface area contributed by atoms with Crippen LogP contribution in [0.15, 0.2) is 67.0 Å². The summed E-state index contributed by atoms with van der Waals surface area (Å²) in [5.74, 6) is -2.28. The molecule has 0 saturated heterocycles. The Morgan fingerprint density at radius 2 is 1.68 bits per heavy atom. The second-order valence-corrected chi connectivity index (χ2v) is 8.38. The smallest absolute Gasteiger partial charge is 0.475 e. The molecular formula is C26H22F3N5O3. The molecule has 0 spiro atoms. The van der Waals surface area contributed by atoms with E-state index in [4.69, 9.17) is 14.9 Å². The summed E-state index contributed by atoms with van der Waals surface area (Å²) in [6.45, 7) is 1.97. The van der Waals surface area contributed by atoms with Crippen LogP contribution < -0.4 is 10.6 Å². The van der Waals surface area contributed by atoms with Crippen molar-refractivity contribution in [2.24, 2.45) is 0 Å². The minimum atomic E-state index is -5.08. The number of carboxylic acid groups (broad SMARTS) is 1. The number of anilines is 2. The molecular weight excluding hydrogens is 487 g/mol. The molecule has 190 valence electrons. The van der Waals surface area contributed by atoms with Gasteiger partial charge in [0.1, 0.15) is 0 Å². The number of benzene rings is 2. The van der Waals surface area contributed by atoms with Crippen molar-refractivity contribution in [2.45, 2.75) is 32.0 Å². The van der Waals surface area contributed by atoms with Gasteiger partial charge in [-0.1, -0.05) is 24.3 Å². The summed E-state index contributed by atoms with van der Waals surface area (Å²) in [5, 5.41) is 14.3. The molecule has 4 aromatic rings. The highest BCUT2D eigenvalue weighted by Gasteiger charge is 2.38. The van der Waals surface area contributed by atoms with Crippen LogP contribution in [-0.2, 0) is 4.79 Å². The first kappa shape index (κ1) is 25.5. The van der Waals surface area contributed by atoms with Gasteiger partial charge in [0.25, 0.3) is 5.91 Å². The number of pyridine rings is 1. The van der Waals surface area contributed by atoms with Gasteiger partial charge >= 0.3 is 12.1 Å². The summed E-state index contributed by atoms with van der Waals surface area (Å²) in [6, 6.07) is 17.8. The highest BCUT2D eigenvalue weighted by Crippen LogP contribution is 2.28. The number of aryl methyl sites for hydroxylation is 1. The van der Waals surface area contributed by atoms with Gasteiger partial charge in [-0.15, -0.1) is 0 Å². The monoisotopic (exact) mass is 509 g/mol. The van der Waals surface area contributed by atoms with Crippen LogP contribution in [0.25, 0.3) is 22.0 Å². The van der Waals surface area contributed by atoms with Gasteiger partial charge in [-0.2, -0.15) is 13.2 Å². The number of alkyl halides is 3. The van der Waals surface area contributed by atoms with E-state index in [0.29, 0.717) is 17.6 Å². The molecule has 0 radical (unpaired) electrons. The van der Waals surface area contributed by atoms with E-state index < -0.39 is 12.1 Å². The second kappa shape index (κ2) is 10.6. The van der Waals surface area contributed by atoms with E-state index in [9.17, 15) is 18.0 Å². The predicted octanol–water partition coefficient (Wildman–Crippen LogP) is 5.27. The van der Waals surface area contributed by atoms with E-state index in [2.05, 4.69) is 26.7 Å². The van der Waals surface area contributed by atoms with Gasteiger partial charge in [0.05, 0.1) is 5.52 Å². The molecule has 0 unspecified atom stereocenters. The van der Waals surface area contributed by atoms with Gasteiger partial charge in [-0.05, 0) is 50.1 Å². The van der Waals surface area contributed by atoms with Crippen molar-refractivity contribution in [3.05, 3.63) is 78.2 Å². The first-order chi connectivity index (χ1) is 17.6. The fraction of sp³-hybridized carbons (Fsp3) is 0.192. The Kier molecular flexibility index (Phi) is 7.32. The molecule has 5 rings (SSSR count). The number of carbonyl (C=O) groups is 2. The normalized spacial score (nSPS) is 12.9. The van der Waals surface area contributed by atoms with Crippen LogP contribution in [0.1, 0.15) is 28.9 Å². The van der Waals surface area contributed by atoms with E-state index in [-0.39, 0.29) is 5.91 Å².